The number of anilines is 2. The number of benzene rings is 2. The Bertz CT molecular complexity index is 760. The molecule has 0 saturated heterocycles. The summed E-state index contributed by atoms with van der Waals surface area (Å²) in [5.74, 6) is -0.415. The lowest BCUT2D eigenvalue weighted by molar-refractivity contribution is -0.120. The van der Waals surface area contributed by atoms with Gasteiger partial charge in [-0.15, -0.1) is 0 Å². The SMILES string of the molecule is CC(=O)Nc1c(C)cc(NC(=O)CC(C)(O)c2ccccc2)cc1C. The molecule has 0 heterocycles. The first-order chi connectivity index (χ1) is 11.7. The van der Waals surface area contributed by atoms with E-state index in [1.165, 1.54) is 6.92 Å². The highest BCUT2D eigenvalue weighted by Crippen LogP contribution is 2.27. The number of hydrogen-bond acceptors (Lipinski definition) is 3. The molecule has 0 aliphatic carbocycles. The average Bonchev–Trinajstić information content (AvgIpc) is 2.51. The van der Waals surface area contributed by atoms with Crippen molar-refractivity contribution in [1.29, 1.82) is 0 Å². The minimum atomic E-state index is -1.24. The number of nitrogens with one attached hydrogen (secondary N) is 2. The van der Waals surface area contributed by atoms with Gasteiger partial charge in [-0.25, -0.2) is 0 Å². The summed E-state index contributed by atoms with van der Waals surface area (Å²) < 4.78 is 0. The van der Waals surface area contributed by atoms with E-state index in [9.17, 15) is 14.7 Å². The molecule has 0 saturated carbocycles. The number of aliphatic hydroxyl groups is 1. The molecule has 5 heteroatoms. The van der Waals surface area contributed by atoms with Gasteiger partial charge in [-0.05, 0) is 49.6 Å². The van der Waals surface area contributed by atoms with Gasteiger partial charge in [0.25, 0.3) is 0 Å². The van der Waals surface area contributed by atoms with E-state index in [1.807, 2.05) is 32.0 Å². The van der Waals surface area contributed by atoms with Gasteiger partial charge < -0.3 is 15.7 Å². The Balaban J connectivity index is 2.12. The van der Waals surface area contributed by atoms with Crippen LogP contribution in [0.4, 0.5) is 11.4 Å². The third-order valence-corrected chi connectivity index (χ3v) is 4.02. The maximum atomic E-state index is 12.3. The quantitative estimate of drug-likeness (QED) is 0.779. The van der Waals surface area contributed by atoms with Crippen LogP contribution in [0.15, 0.2) is 42.5 Å². The Morgan fingerprint density at radius 2 is 1.60 bits per heavy atom. The van der Waals surface area contributed by atoms with Crippen molar-refractivity contribution in [1.82, 2.24) is 0 Å². The highest BCUT2D eigenvalue weighted by atomic mass is 16.3. The monoisotopic (exact) mass is 340 g/mol. The van der Waals surface area contributed by atoms with Gasteiger partial charge in [0.2, 0.25) is 11.8 Å². The lowest BCUT2D eigenvalue weighted by Gasteiger charge is -2.23. The predicted octanol–water partition coefficient (Wildman–Crippen LogP) is 3.50. The molecule has 5 nitrogen and oxygen atoms in total. The number of carbonyl (C=O) groups excluding carboxylic acids is 2. The first kappa shape index (κ1) is 18.7. The molecule has 3 N–H and O–H groups in total. The molecule has 132 valence electrons. The van der Waals surface area contributed by atoms with Gasteiger partial charge in [0, 0.05) is 18.3 Å². The van der Waals surface area contributed by atoms with E-state index >= 15 is 0 Å². The van der Waals surface area contributed by atoms with Crippen LogP contribution in [-0.4, -0.2) is 16.9 Å². The molecular formula is C20H24N2O3. The van der Waals surface area contributed by atoms with Gasteiger partial charge in [0.05, 0.1) is 12.0 Å². The Morgan fingerprint density at radius 3 is 2.12 bits per heavy atom. The molecule has 0 bridgehead atoms. The number of rotatable bonds is 5. The van der Waals surface area contributed by atoms with E-state index < -0.39 is 5.60 Å². The van der Waals surface area contributed by atoms with E-state index in [0.717, 1.165) is 16.8 Å². The predicted molar refractivity (Wildman–Crippen MR) is 99.5 cm³/mol. The van der Waals surface area contributed by atoms with Crippen molar-refractivity contribution in [2.75, 3.05) is 10.6 Å². The van der Waals surface area contributed by atoms with Gasteiger partial charge in [0.1, 0.15) is 0 Å². The van der Waals surface area contributed by atoms with Crippen LogP contribution in [0.2, 0.25) is 0 Å². The number of hydrogen-bond donors (Lipinski definition) is 3. The van der Waals surface area contributed by atoms with Crippen molar-refractivity contribution in [3.05, 3.63) is 59.2 Å². The molecule has 2 aromatic carbocycles. The van der Waals surface area contributed by atoms with Gasteiger partial charge >= 0.3 is 0 Å². The first-order valence-corrected chi connectivity index (χ1v) is 8.15. The summed E-state index contributed by atoms with van der Waals surface area (Å²) in [6, 6.07) is 12.7. The van der Waals surface area contributed by atoms with E-state index in [2.05, 4.69) is 10.6 Å². The summed E-state index contributed by atoms with van der Waals surface area (Å²) >= 11 is 0. The van der Waals surface area contributed by atoms with Crippen molar-refractivity contribution in [2.45, 2.75) is 39.7 Å². The maximum Gasteiger partial charge on any atom is 0.227 e. The zero-order valence-electron chi connectivity index (χ0n) is 15.0. The molecule has 0 radical (unpaired) electrons. The second-order valence-electron chi connectivity index (χ2n) is 6.53. The molecule has 0 spiro atoms. The highest BCUT2D eigenvalue weighted by Gasteiger charge is 2.26. The van der Waals surface area contributed by atoms with Gasteiger partial charge in [-0.1, -0.05) is 30.3 Å². The first-order valence-electron chi connectivity index (χ1n) is 8.15. The molecule has 2 aromatic rings. The molecule has 0 aliphatic heterocycles. The third-order valence-electron chi connectivity index (χ3n) is 4.02. The van der Waals surface area contributed by atoms with Crippen LogP contribution in [0, 0.1) is 13.8 Å². The summed E-state index contributed by atoms with van der Waals surface area (Å²) in [6.07, 6.45) is -0.0530. The van der Waals surface area contributed by atoms with E-state index in [1.54, 1.807) is 31.2 Å². The molecular weight excluding hydrogens is 316 g/mol. The number of carbonyl (C=O) groups is 2. The fourth-order valence-electron chi connectivity index (χ4n) is 2.83. The highest BCUT2D eigenvalue weighted by molar-refractivity contribution is 5.94. The third kappa shape index (κ3) is 4.90. The minimum Gasteiger partial charge on any atom is -0.385 e. The molecule has 2 amide bonds. The Labute approximate surface area is 148 Å². The lowest BCUT2D eigenvalue weighted by atomic mass is 9.92. The van der Waals surface area contributed by atoms with Crippen LogP contribution in [0.1, 0.15) is 37.0 Å². The van der Waals surface area contributed by atoms with E-state index in [-0.39, 0.29) is 18.2 Å². The number of amides is 2. The zero-order chi connectivity index (χ0) is 18.6. The molecule has 0 aromatic heterocycles. The molecule has 1 unspecified atom stereocenters. The largest absolute Gasteiger partial charge is 0.385 e. The lowest BCUT2D eigenvalue weighted by Crippen LogP contribution is -2.28. The van der Waals surface area contributed by atoms with Crippen molar-refractivity contribution < 1.29 is 14.7 Å². The smallest absolute Gasteiger partial charge is 0.227 e. The van der Waals surface area contributed by atoms with Crippen LogP contribution < -0.4 is 10.6 Å². The standard InChI is InChI=1S/C20H24N2O3/c1-13-10-17(11-14(2)19(13)21-15(3)23)22-18(24)12-20(4,25)16-8-6-5-7-9-16/h5-11,25H,12H2,1-4H3,(H,21,23)(H,22,24). The zero-order valence-corrected chi connectivity index (χ0v) is 15.0. The molecule has 25 heavy (non-hydrogen) atoms. The minimum absolute atomic E-state index is 0.0530. The van der Waals surface area contributed by atoms with Crippen LogP contribution in [-0.2, 0) is 15.2 Å². The van der Waals surface area contributed by atoms with Crippen molar-refractivity contribution in [2.24, 2.45) is 0 Å². The summed E-state index contributed by atoms with van der Waals surface area (Å²) in [5.41, 5.74) is 2.56. The second kappa shape index (κ2) is 7.49. The summed E-state index contributed by atoms with van der Waals surface area (Å²) in [5, 5.41) is 16.2. The molecule has 1 atom stereocenters. The molecule has 2 rings (SSSR count). The average molecular weight is 340 g/mol. The summed E-state index contributed by atoms with van der Waals surface area (Å²) in [6.45, 7) is 6.82. The summed E-state index contributed by atoms with van der Waals surface area (Å²) in [4.78, 5) is 23.6. The van der Waals surface area contributed by atoms with E-state index in [0.29, 0.717) is 11.3 Å². The second-order valence-corrected chi connectivity index (χ2v) is 6.53. The van der Waals surface area contributed by atoms with Crippen LogP contribution >= 0.6 is 0 Å². The topological polar surface area (TPSA) is 78.4 Å². The maximum absolute atomic E-state index is 12.3. The fourth-order valence-corrected chi connectivity index (χ4v) is 2.83. The Kier molecular flexibility index (Phi) is 5.59. The van der Waals surface area contributed by atoms with Crippen LogP contribution in [0.5, 0.6) is 0 Å². The van der Waals surface area contributed by atoms with Crippen LogP contribution in [0.25, 0.3) is 0 Å². The van der Waals surface area contributed by atoms with Crippen LogP contribution in [0.3, 0.4) is 0 Å². The molecule has 0 aliphatic rings. The van der Waals surface area contributed by atoms with E-state index in [4.69, 9.17) is 0 Å². The van der Waals surface area contributed by atoms with Gasteiger partial charge in [-0.2, -0.15) is 0 Å². The van der Waals surface area contributed by atoms with Crippen molar-refractivity contribution in [3.8, 4) is 0 Å². The summed E-state index contributed by atoms with van der Waals surface area (Å²) in [7, 11) is 0. The Morgan fingerprint density at radius 1 is 1.04 bits per heavy atom. The van der Waals surface area contributed by atoms with Gasteiger partial charge in [0.15, 0.2) is 0 Å². The van der Waals surface area contributed by atoms with Crippen molar-refractivity contribution in [3.63, 3.8) is 0 Å². The molecule has 0 fully saturated rings. The fraction of sp³-hybridized carbons (Fsp3) is 0.300. The number of aryl methyl sites for hydroxylation is 2. The van der Waals surface area contributed by atoms with Crippen molar-refractivity contribution >= 4 is 23.2 Å². The Hall–Kier alpha value is -2.66. The van der Waals surface area contributed by atoms with Gasteiger partial charge in [-0.3, -0.25) is 9.59 Å². The normalized spacial score (nSPS) is 13.0.